The lowest BCUT2D eigenvalue weighted by atomic mass is 9.89. The predicted octanol–water partition coefficient (Wildman–Crippen LogP) is 2.74. The van der Waals surface area contributed by atoms with Crippen LogP contribution in [-0.4, -0.2) is 61.0 Å². The molecule has 24 heavy (non-hydrogen) atoms. The highest BCUT2D eigenvalue weighted by atomic mass is 16.7. The maximum absolute atomic E-state index is 5.93. The molecule has 4 heteroatoms. The Balaban J connectivity index is 1.33. The van der Waals surface area contributed by atoms with Gasteiger partial charge in [-0.15, -0.1) is 0 Å². The molecule has 0 aliphatic carbocycles. The zero-order valence-corrected chi connectivity index (χ0v) is 14.8. The standard InChI is InChI=1S/C20H30N2O2/c1-20(23-12-13-24-20)18-8-5-10-22(15-18)19-9-11-21(16-19)14-17-6-3-2-4-7-17/h2-4,6-7,18-19H,5,8-16H2,1H3/t18-,19-/m1/s1. The van der Waals surface area contributed by atoms with E-state index in [1.165, 1.54) is 44.5 Å². The number of rotatable bonds is 4. The fourth-order valence-corrected chi connectivity index (χ4v) is 4.63. The molecule has 0 spiro atoms. The largest absolute Gasteiger partial charge is 0.347 e. The number of benzene rings is 1. The molecule has 0 unspecified atom stereocenters. The highest BCUT2D eigenvalue weighted by Gasteiger charge is 2.43. The van der Waals surface area contributed by atoms with Crippen LogP contribution in [0.2, 0.25) is 0 Å². The molecule has 4 rings (SSSR count). The van der Waals surface area contributed by atoms with Crippen molar-refractivity contribution in [2.45, 2.75) is 44.6 Å². The van der Waals surface area contributed by atoms with Crippen LogP contribution in [0.25, 0.3) is 0 Å². The number of hydrogen-bond donors (Lipinski definition) is 0. The minimum Gasteiger partial charge on any atom is -0.347 e. The Morgan fingerprint density at radius 2 is 1.83 bits per heavy atom. The van der Waals surface area contributed by atoms with Crippen LogP contribution in [0, 0.1) is 5.92 Å². The lowest BCUT2D eigenvalue weighted by molar-refractivity contribution is -0.193. The van der Waals surface area contributed by atoms with Gasteiger partial charge in [-0.05, 0) is 38.3 Å². The van der Waals surface area contributed by atoms with Crippen LogP contribution in [0.3, 0.4) is 0 Å². The van der Waals surface area contributed by atoms with E-state index in [2.05, 4.69) is 47.1 Å². The van der Waals surface area contributed by atoms with Gasteiger partial charge in [0.1, 0.15) is 0 Å². The maximum Gasteiger partial charge on any atom is 0.169 e. The molecular weight excluding hydrogens is 300 g/mol. The van der Waals surface area contributed by atoms with Crippen LogP contribution < -0.4 is 0 Å². The molecule has 0 amide bonds. The molecule has 3 saturated heterocycles. The van der Waals surface area contributed by atoms with Gasteiger partial charge in [-0.2, -0.15) is 0 Å². The topological polar surface area (TPSA) is 24.9 Å². The van der Waals surface area contributed by atoms with Gasteiger partial charge in [-0.3, -0.25) is 9.80 Å². The van der Waals surface area contributed by atoms with Crippen LogP contribution in [-0.2, 0) is 16.0 Å². The van der Waals surface area contributed by atoms with Gasteiger partial charge in [-0.25, -0.2) is 0 Å². The summed E-state index contributed by atoms with van der Waals surface area (Å²) in [4.78, 5) is 5.31. The van der Waals surface area contributed by atoms with E-state index in [1.807, 2.05) is 0 Å². The molecule has 1 aromatic carbocycles. The Morgan fingerprint density at radius 3 is 2.62 bits per heavy atom. The molecule has 0 bridgehead atoms. The first kappa shape index (κ1) is 16.5. The zero-order valence-electron chi connectivity index (χ0n) is 14.8. The number of likely N-dealkylation sites (tertiary alicyclic amines) is 2. The lowest BCUT2D eigenvalue weighted by Crippen LogP contribution is -2.50. The van der Waals surface area contributed by atoms with Gasteiger partial charge in [0.2, 0.25) is 0 Å². The molecule has 3 heterocycles. The van der Waals surface area contributed by atoms with Crippen molar-refractivity contribution in [3.8, 4) is 0 Å². The Labute approximate surface area is 145 Å². The molecule has 4 nitrogen and oxygen atoms in total. The fourth-order valence-electron chi connectivity index (χ4n) is 4.63. The second-order valence-corrected chi connectivity index (χ2v) is 7.71. The fraction of sp³-hybridized carbons (Fsp3) is 0.700. The van der Waals surface area contributed by atoms with Crippen molar-refractivity contribution in [1.29, 1.82) is 0 Å². The SMILES string of the molecule is CC1([C@@H]2CCCN([C@@H]3CCN(Cc4ccccc4)C3)C2)OCCO1. The molecule has 0 N–H and O–H groups in total. The molecule has 3 aliphatic heterocycles. The minimum atomic E-state index is -0.346. The smallest absolute Gasteiger partial charge is 0.169 e. The van der Waals surface area contributed by atoms with E-state index in [-0.39, 0.29) is 5.79 Å². The Kier molecular flexibility index (Phi) is 4.90. The van der Waals surface area contributed by atoms with Crippen molar-refractivity contribution in [2.75, 3.05) is 39.4 Å². The number of hydrogen-bond acceptors (Lipinski definition) is 4. The van der Waals surface area contributed by atoms with Crippen molar-refractivity contribution >= 4 is 0 Å². The van der Waals surface area contributed by atoms with Crippen molar-refractivity contribution in [2.24, 2.45) is 5.92 Å². The highest BCUT2D eigenvalue weighted by molar-refractivity contribution is 5.14. The summed E-state index contributed by atoms with van der Waals surface area (Å²) in [7, 11) is 0. The van der Waals surface area contributed by atoms with Crippen LogP contribution in [0.15, 0.2) is 30.3 Å². The molecule has 0 radical (unpaired) electrons. The predicted molar refractivity (Wildman–Crippen MR) is 94.7 cm³/mol. The van der Waals surface area contributed by atoms with Crippen LogP contribution >= 0.6 is 0 Å². The van der Waals surface area contributed by atoms with Gasteiger partial charge in [0, 0.05) is 38.1 Å². The number of piperidine rings is 1. The van der Waals surface area contributed by atoms with Crippen LogP contribution in [0.1, 0.15) is 31.7 Å². The summed E-state index contributed by atoms with van der Waals surface area (Å²) in [5.41, 5.74) is 1.43. The van der Waals surface area contributed by atoms with Gasteiger partial charge in [-0.1, -0.05) is 30.3 Å². The van der Waals surface area contributed by atoms with E-state index in [1.54, 1.807) is 0 Å². The summed E-state index contributed by atoms with van der Waals surface area (Å²) < 4.78 is 11.9. The van der Waals surface area contributed by atoms with Crippen molar-refractivity contribution in [1.82, 2.24) is 9.80 Å². The average Bonchev–Trinajstić information content (AvgIpc) is 3.26. The monoisotopic (exact) mass is 330 g/mol. The van der Waals surface area contributed by atoms with Gasteiger partial charge in [0.05, 0.1) is 13.2 Å². The highest BCUT2D eigenvalue weighted by Crippen LogP contribution is 2.35. The summed E-state index contributed by atoms with van der Waals surface area (Å²) in [5.74, 6) is 0.165. The molecule has 0 saturated carbocycles. The van der Waals surface area contributed by atoms with E-state index >= 15 is 0 Å². The van der Waals surface area contributed by atoms with E-state index in [4.69, 9.17) is 9.47 Å². The van der Waals surface area contributed by atoms with Crippen LogP contribution in [0.5, 0.6) is 0 Å². The number of nitrogens with zero attached hydrogens (tertiary/aromatic N) is 2. The normalized spacial score (nSPS) is 31.5. The second-order valence-electron chi connectivity index (χ2n) is 7.71. The van der Waals surface area contributed by atoms with E-state index in [9.17, 15) is 0 Å². The van der Waals surface area contributed by atoms with Crippen molar-refractivity contribution in [3.63, 3.8) is 0 Å². The average molecular weight is 330 g/mol. The summed E-state index contributed by atoms with van der Waals surface area (Å²) in [6.45, 7) is 9.49. The van der Waals surface area contributed by atoms with E-state index < -0.39 is 0 Å². The lowest BCUT2D eigenvalue weighted by Gasteiger charge is -2.42. The third-order valence-electron chi connectivity index (χ3n) is 6.07. The first-order valence-electron chi connectivity index (χ1n) is 9.51. The summed E-state index contributed by atoms with van der Waals surface area (Å²) in [5, 5.41) is 0. The maximum atomic E-state index is 5.93. The third-order valence-corrected chi connectivity index (χ3v) is 6.07. The quantitative estimate of drug-likeness (QED) is 0.847. The Morgan fingerprint density at radius 1 is 1.04 bits per heavy atom. The first-order chi connectivity index (χ1) is 11.7. The number of ether oxygens (including phenoxy) is 2. The van der Waals surface area contributed by atoms with Gasteiger partial charge in [0.15, 0.2) is 5.79 Å². The molecule has 1 aromatic rings. The van der Waals surface area contributed by atoms with Gasteiger partial charge >= 0.3 is 0 Å². The third kappa shape index (κ3) is 3.52. The summed E-state index contributed by atoms with van der Waals surface area (Å²) in [6, 6.07) is 11.5. The second kappa shape index (κ2) is 7.12. The van der Waals surface area contributed by atoms with E-state index in [0.29, 0.717) is 12.0 Å². The summed E-state index contributed by atoms with van der Waals surface area (Å²) >= 11 is 0. The first-order valence-corrected chi connectivity index (χ1v) is 9.51. The zero-order chi connectivity index (χ0) is 16.4. The van der Waals surface area contributed by atoms with Crippen molar-refractivity contribution < 1.29 is 9.47 Å². The summed E-state index contributed by atoms with van der Waals surface area (Å²) in [6.07, 6.45) is 3.79. The molecule has 3 aliphatic rings. The Bertz CT molecular complexity index is 530. The molecule has 0 aromatic heterocycles. The molecule has 132 valence electrons. The van der Waals surface area contributed by atoms with Crippen LogP contribution in [0.4, 0.5) is 0 Å². The molecule has 3 fully saturated rings. The minimum absolute atomic E-state index is 0.346. The van der Waals surface area contributed by atoms with Crippen molar-refractivity contribution in [3.05, 3.63) is 35.9 Å². The Hall–Kier alpha value is -0.940. The van der Waals surface area contributed by atoms with E-state index in [0.717, 1.165) is 26.3 Å². The van der Waals surface area contributed by atoms with Gasteiger partial charge < -0.3 is 9.47 Å². The molecule has 2 atom stereocenters. The molecular formula is C20H30N2O2. The van der Waals surface area contributed by atoms with Gasteiger partial charge in [0.25, 0.3) is 0 Å².